The smallest absolute Gasteiger partial charge is 0.313 e. The lowest BCUT2D eigenvalue weighted by Crippen LogP contribution is -2.35. The van der Waals surface area contributed by atoms with E-state index in [0.29, 0.717) is 0 Å². The zero-order chi connectivity index (χ0) is 11.5. The van der Waals surface area contributed by atoms with Crippen LogP contribution in [0.4, 0.5) is 0 Å². The fourth-order valence-electron chi connectivity index (χ4n) is 2.93. The molecule has 0 saturated heterocycles. The van der Waals surface area contributed by atoms with Crippen LogP contribution in [0.15, 0.2) is 11.1 Å². The Labute approximate surface area is 98.1 Å². The second-order valence-electron chi connectivity index (χ2n) is 5.07. The number of carbonyl (C=O) groups excluding carboxylic acids is 1. The van der Waals surface area contributed by atoms with Gasteiger partial charge in [0.2, 0.25) is 0 Å². The van der Waals surface area contributed by atoms with E-state index in [0.717, 1.165) is 32.1 Å². The molecule has 1 heterocycles. The van der Waals surface area contributed by atoms with Crippen molar-refractivity contribution < 1.29 is 9.53 Å². The number of unbranched alkanes of at least 4 members (excludes halogenated alkanes) is 1. The van der Waals surface area contributed by atoms with Gasteiger partial charge in [0.15, 0.2) is 0 Å². The van der Waals surface area contributed by atoms with Crippen LogP contribution in [0.2, 0.25) is 0 Å². The largest absolute Gasteiger partial charge is 0.457 e. The maximum absolute atomic E-state index is 11.9. The van der Waals surface area contributed by atoms with Gasteiger partial charge in [-0.15, -0.1) is 0 Å². The molecule has 0 aromatic heterocycles. The van der Waals surface area contributed by atoms with Crippen molar-refractivity contribution in [2.75, 3.05) is 0 Å². The second kappa shape index (κ2) is 5.03. The molecule has 1 saturated carbocycles. The number of hydrogen-bond donors (Lipinski definition) is 0. The van der Waals surface area contributed by atoms with Crippen LogP contribution in [0, 0.1) is 5.92 Å². The monoisotopic (exact) mass is 222 g/mol. The van der Waals surface area contributed by atoms with Crippen molar-refractivity contribution in [1.82, 2.24) is 0 Å². The summed E-state index contributed by atoms with van der Waals surface area (Å²) in [5.74, 6) is 0.0888. The molecule has 2 nitrogen and oxygen atoms in total. The van der Waals surface area contributed by atoms with Crippen molar-refractivity contribution in [3.8, 4) is 0 Å². The van der Waals surface area contributed by atoms with Crippen molar-refractivity contribution in [3.63, 3.8) is 0 Å². The highest BCUT2D eigenvalue weighted by molar-refractivity contribution is 5.78. The number of rotatable bonds is 3. The predicted octanol–water partition coefficient (Wildman–Crippen LogP) is 3.61. The molecular weight excluding hydrogens is 200 g/mol. The molecule has 0 bridgehead atoms. The van der Waals surface area contributed by atoms with E-state index in [9.17, 15) is 4.79 Å². The molecule has 1 aliphatic carbocycles. The first kappa shape index (κ1) is 11.7. The molecule has 90 valence electrons. The standard InChI is InChI=1S/C14H22O2/c1-3-4-7-12-10(2)11-8-5-6-9-13(11)16-14(12)15/h12-13H,3-9H2,1-2H3. The molecule has 2 heteroatoms. The van der Waals surface area contributed by atoms with Gasteiger partial charge >= 0.3 is 5.97 Å². The van der Waals surface area contributed by atoms with Crippen LogP contribution in [-0.2, 0) is 9.53 Å². The van der Waals surface area contributed by atoms with Gasteiger partial charge in [0.05, 0.1) is 5.92 Å². The second-order valence-corrected chi connectivity index (χ2v) is 5.07. The Balaban J connectivity index is 2.16. The van der Waals surface area contributed by atoms with E-state index < -0.39 is 0 Å². The molecule has 1 fully saturated rings. The van der Waals surface area contributed by atoms with E-state index >= 15 is 0 Å². The van der Waals surface area contributed by atoms with E-state index in [1.807, 2.05) is 0 Å². The molecule has 2 unspecified atom stereocenters. The summed E-state index contributed by atoms with van der Waals surface area (Å²) in [5.41, 5.74) is 2.77. The molecule has 0 N–H and O–H groups in total. The van der Waals surface area contributed by atoms with Crippen molar-refractivity contribution in [2.45, 2.75) is 64.9 Å². The van der Waals surface area contributed by atoms with Crippen LogP contribution >= 0.6 is 0 Å². The molecular formula is C14H22O2. The first-order valence-corrected chi connectivity index (χ1v) is 6.64. The fourth-order valence-corrected chi connectivity index (χ4v) is 2.93. The summed E-state index contributed by atoms with van der Waals surface area (Å²) in [5, 5.41) is 0. The average molecular weight is 222 g/mol. The Hall–Kier alpha value is -0.790. The maximum Gasteiger partial charge on any atom is 0.313 e. The highest BCUT2D eigenvalue weighted by Gasteiger charge is 2.35. The van der Waals surface area contributed by atoms with Gasteiger partial charge < -0.3 is 4.74 Å². The molecule has 2 rings (SSSR count). The van der Waals surface area contributed by atoms with Gasteiger partial charge in [0.25, 0.3) is 0 Å². The van der Waals surface area contributed by atoms with E-state index in [2.05, 4.69) is 13.8 Å². The molecule has 0 amide bonds. The van der Waals surface area contributed by atoms with Crippen molar-refractivity contribution >= 4 is 5.97 Å². The van der Waals surface area contributed by atoms with E-state index in [1.165, 1.54) is 24.0 Å². The van der Waals surface area contributed by atoms with Gasteiger partial charge in [-0.05, 0) is 44.6 Å². The van der Waals surface area contributed by atoms with Crippen molar-refractivity contribution in [2.24, 2.45) is 5.92 Å². The Bertz CT molecular complexity index is 304. The first-order valence-electron chi connectivity index (χ1n) is 6.64. The normalized spacial score (nSPS) is 30.0. The zero-order valence-corrected chi connectivity index (χ0v) is 10.4. The van der Waals surface area contributed by atoms with E-state index in [4.69, 9.17) is 4.74 Å². The number of ether oxygens (including phenoxy) is 1. The molecule has 0 spiro atoms. The summed E-state index contributed by atoms with van der Waals surface area (Å²) in [7, 11) is 0. The van der Waals surface area contributed by atoms with E-state index in [-0.39, 0.29) is 18.0 Å². The Morgan fingerprint density at radius 3 is 2.94 bits per heavy atom. The maximum atomic E-state index is 11.9. The zero-order valence-electron chi connectivity index (χ0n) is 10.4. The van der Waals surface area contributed by atoms with Crippen LogP contribution in [0.3, 0.4) is 0 Å². The fraction of sp³-hybridized carbons (Fsp3) is 0.786. The molecule has 2 atom stereocenters. The Morgan fingerprint density at radius 2 is 2.19 bits per heavy atom. The molecule has 2 aliphatic rings. The van der Waals surface area contributed by atoms with Gasteiger partial charge in [-0.1, -0.05) is 25.3 Å². The molecule has 1 aliphatic heterocycles. The Kier molecular flexibility index (Phi) is 3.67. The number of fused-ring (bicyclic) bond motifs is 1. The Morgan fingerprint density at radius 1 is 1.38 bits per heavy atom. The van der Waals surface area contributed by atoms with Gasteiger partial charge in [-0.3, -0.25) is 4.79 Å². The molecule has 16 heavy (non-hydrogen) atoms. The topological polar surface area (TPSA) is 26.3 Å². The van der Waals surface area contributed by atoms with E-state index in [1.54, 1.807) is 0 Å². The van der Waals surface area contributed by atoms with Crippen LogP contribution in [0.5, 0.6) is 0 Å². The molecule has 0 radical (unpaired) electrons. The van der Waals surface area contributed by atoms with Crippen LogP contribution < -0.4 is 0 Å². The average Bonchev–Trinajstić information content (AvgIpc) is 2.29. The summed E-state index contributed by atoms with van der Waals surface area (Å²) in [4.78, 5) is 11.9. The highest BCUT2D eigenvalue weighted by atomic mass is 16.5. The number of carbonyl (C=O) groups is 1. The third kappa shape index (κ3) is 2.16. The lowest BCUT2D eigenvalue weighted by Gasteiger charge is -2.35. The van der Waals surface area contributed by atoms with Gasteiger partial charge in [-0.2, -0.15) is 0 Å². The summed E-state index contributed by atoms with van der Waals surface area (Å²) < 4.78 is 5.57. The summed E-state index contributed by atoms with van der Waals surface area (Å²) in [6.45, 7) is 4.31. The predicted molar refractivity (Wildman–Crippen MR) is 64.1 cm³/mol. The van der Waals surface area contributed by atoms with Crippen LogP contribution in [-0.4, -0.2) is 12.1 Å². The summed E-state index contributed by atoms with van der Waals surface area (Å²) in [6, 6.07) is 0. The quantitative estimate of drug-likeness (QED) is 0.538. The van der Waals surface area contributed by atoms with Gasteiger partial charge in [-0.25, -0.2) is 0 Å². The summed E-state index contributed by atoms with van der Waals surface area (Å²) >= 11 is 0. The third-order valence-electron chi connectivity index (χ3n) is 3.97. The summed E-state index contributed by atoms with van der Waals surface area (Å²) in [6.07, 6.45) is 8.02. The van der Waals surface area contributed by atoms with Crippen molar-refractivity contribution in [3.05, 3.63) is 11.1 Å². The number of hydrogen-bond acceptors (Lipinski definition) is 2. The van der Waals surface area contributed by atoms with Gasteiger partial charge in [0, 0.05) is 0 Å². The minimum atomic E-state index is 0.0293. The van der Waals surface area contributed by atoms with Crippen LogP contribution in [0.1, 0.15) is 58.8 Å². The van der Waals surface area contributed by atoms with Crippen LogP contribution in [0.25, 0.3) is 0 Å². The number of esters is 1. The minimum absolute atomic E-state index is 0.0293. The first-order chi connectivity index (χ1) is 7.74. The lowest BCUT2D eigenvalue weighted by molar-refractivity contribution is -0.154. The highest BCUT2D eigenvalue weighted by Crippen LogP contribution is 2.37. The minimum Gasteiger partial charge on any atom is -0.457 e. The molecule has 0 aromatic rings. The molecule has 0 aromatic carbocycles. The van der Waals surface area contributed by atoms with Gasteiger partial charge in [0.1, 0.15) is 6.10 Å². The lowest BCUT2D eigenvalue weighted by atomic mass is 9.80. The SMILES string of the molecule is CCCCC1C(=O)OC2CCCCC2=C1C. The van der Waals surface area contributed by atoms with Crippen molar-refractivity contribution in [1.29, 1.82) is 0 Å². The third-order valence-corrected chi connectivity index (χ3v) is 3.97.